The summed E-state index contributed by atoms with van der Waals surface area (Å²) in [6.45, 7) is 0. The lowest BCUT2D eigenvalue weighted by atomic mass is 9.97. The minimum atomic E-state index is -0.364. The average Bonchev–Trinajstić information content (AvgIpc) is 2.71. The van der Waals surface area contributed by atoms with E-state index in [2.05, 4.69) is 20.3 Å². The number of anilines is 1. The number of pyridine rings is 3. The van der Waals surface area contributed by atoms with Crippen molar-refractivity contribution in [1.82, 2.24) is 15.0 Å². The Morgan fingerprint density at radius 3 is 2.50 bits per heavy atom. The van der Waals surface area contributed by atoms with Crippen LogP contribution in [0.2, 0.25) is 5.02 Å². The van der Waals surface area contributed by atoms with Crippen molar-refractivity contribution in [3.63, 3.8) is 0 Å². The van der Waals surface area contributed by atoms with Gasteiger partial charge in [0.25, 0.3) is 0 Å². The molecule has 6 heteroatoms. The van der Waals surface area contributed by atoms with Crippen LogP contribution in [0.15, 0.2) is 73.3 Å². The van der Waals surface area contributed by atoms with Crippen LogP contribution in [0, 0.1) is 0 Å². The predicted molar refractivity (Wildman–Crippen MR) is 102 cm³/mol. The zero-order valence-electron chi connectivity index (χ0n) is 13.7. The summed E-state index contributed by atoms with van der Waals surface area (Å²) in [6.07, 6.45) is 6.76. The van der Waals surface area contributed by atoms with E-state index >= 15 is 0 Å². The lowest BCUT2D eigenvalue weighted by Gasteiger charge is -2.22. The van der Waals surface area contributed by atoms with Crippen molar-refractivity contribution in [2.75, 3.05) is 5.32 Å². The first-order valence-electron chi connectivity index (χ1n) is 8.07. The second kappa shape index (κ2) is 6.98. The second-order valence-corrected chi connectivity index (χ2v) is 6.18. The van der Waals surface area contributed by atoms with Gasteiger partial charge in [-0.3, -0.25) is 9.97 Å². The number of nitrogens with zero attached hydrogens (tertiary/aromatic N) is 3. The molecule has 4 rings (SSSR count). The number of phenols is 1. The Balaban J connectivity index is 1.89. The molecule has 0 unspecified atom stereocenters. The standard InChI is InChI=1S/C20H15ClN4O/c21-16-12-15(20(26)19-14(16)4-3-9-24-19)18(13-6-10-22-11-7-13)25-17-5-1-2-8-23-17/h1-12,18,26H,(H,23,25)/t18-/m0/s1. The summed E-state index contributed by atoms with van der Waals surface area (Å²) in [6, 6.07) is 14.4. The number of rotatable bonds is 4. The molecule has 0 amide bonds. The molecule has 3 heterocycles. The van der Waals surface area contributed by atoms with Crippen molar-refractivity contribution in [1.29, 1.82) is 0 Å². The van der Waals surface area contributed by atoms with E-state index in [1.807, 2.05) is 36.4 Å². The van der Waals surface area contributed by atoms with Gasteiger partial charge in [0, 0.05) is 35.7 Å². The second-order valence-electron chi connectivity index (χ2n) is 5.77. The third-order valence-corrected chi connectivity index (χ3v) is 4.47. The van der Waals surface area contributed by atoms with E-state index in [4.69, 9.17) is 11.6 Å². The number of hydrogen-bond acceptors (Lipinski definition) is 5. The molecule has 0 radical (unpaired) electrons. The minimum Gasteiger partial charge on any atom is -0.505 e. The van der Waals surface area contributed by atoms with Crippen LogP contribution in [0.4, 0.5) is 5.82 Å². The number of phenolic OH excluding ortho intramolecular Hbond substituents is 1. The highest BCUT2D eigenvalue weighted by Gasteiger charge is 2.22. The maximum Gasteiger partial charge on any atom is 0.147 e. The summed E-state index contributed by atoms with van der Waals surface area (Å²) in [5.41, 5.74) is 2.02. The van der Waals surface area contributed by atoms with E-state index in [1.54, 1.807) is 36.9 Å². The van der Waals surface area contributed by atoms with Crippen molar-refractivity contribution in [2.45, 2.75) is 6.04 Å². The van der Waals surface area contributed by atoms with E-state index in [1.165, 1.54) is 0 Å². The first kappa shape index (κ1) is 16.3. The van der Waals surface area contributed by atoms with Crippen LogP contribution in [0.1, 0.15) is 17.2 Å². The highest BCUT2D eigenvalue weighted by atomic mass is 35.5. The van der Waals surface area contributed by atoms with E-state index in [0.717, 1.165) is 5.56 Å². The van der Waals surface area contributed by atoms with Crippen LogP contribution in [-0.2, 0) is 0 Å². The Morgan fingerprint density at radius 2 is 1.73 bits per heavy atom. The van der Waals surface area contributed by atoms with Gasteiger partial charge in [-0.1, -0.05) is 17.7 Å². The van der Waals surface area contributed by atoms with Gasteiger partial charge in [0.05, 0.1) is 11.1 Å². The summed E-state index contributed by atoms with van der Waals surface area (Å²) in [4.78, 5) is 12.7. The molecular formula is C20H15ClN4O. The molecule has 0 fully saturated rings. The van der Waals surface area contributed by atoms with E-state index in [0.29, 0.717) is 27.3 Å². The van der Waals surface area contributed by atoms with Crippen LogP contribution >= 0.6 is 11.6 Å². The average molecular weight is 363 g/mol. The Kier molecular flexibility index (Phi) is 4.37. The fourth-order valence-corrected chi connectivity index (χ4v) is 3.19. The monoisotopic (exact) mass is 362 g/mol. The predicted octanol–water partition coefficient (Wildman–Crippen LogP) is 4.59. The van der Waals surface area contributed by atoms with Crippen molar-refractivity contribution >= 4 is 28.3 Å². The lowest BCUT2D eigenvalue weighted by Crippen LogP contribution is -2.14. The quantitative estimate of drug-likeness (QED) is 0.555. The molecule has 0 bridgehead atoms. The van der Waals surface area contributed by atoms with Gasteiger partial charge in [-0.05, 0) is 48.0 Å². The first-order valence-corrected chi connectivity index (χ1v) is 8.45. The van der Waals surface area contributed by atoms with Crippen LogP contribution in [0.25, 0.3) is 10.9 Å². The molecule has 26 heavy (non-hydrogen) atoms. The van der Waals surface area contributed by atoms with Crippen LogP contribution in [0.5, 0.6) is 5.75 Å². The van der Waals surface area contributed by atoms with Crippen molar-refractivity contribution in [3.8, 4) is 5.75 Å². The summed E-state index contributed by atoms with van der Waals surface area (Å²) in [5, 5.41) is 15.5. The lowest BCUT2D eigenvalue weighted by molar-refractivity contribution is 0.471. The molecule has 0 saturated carbocycles. The van der Waals surface area contributed by atoms with Gasteiger partial charge in [-0.15, -0.1) is 0 Å². The van der Waals surface area contributed by atoms with Gasteiger partial charge >= 0.3 is 0 Å². The van der Waals surface area contributed by atoms with Gasteiger partial charge < -0.3 is 10.4 Å². The highest BCUT2D eigenvalue weighted by Crippen LogP contribution is 2.39. The number of hydrogen-bond donors (Lipinski definition) is 2. The van der Waals surface area contributed by atoms with Crippen LogP contribution < -0.4 is 5.32 Å². The fraction of sp³-hybridized carbons (Fsp3) is 0.0500. The minimum absolute atomic E-state index is 0.0928. The smallest absolute Gasteiger partial charge is 0.147 e. The number of aromatic nitrogens is 3. The summed E-state index contributed by atoms with van der Waals surface area (Å²) in [7, 11) is 0. The van der Waals surface area contributed by atoms with Gasteiger partial charge in [-0.25, -0.2) is 4.98 Å². The molecule has 1 atom stereocenters. The van der Waals surface area contributed by atoms with Gasteiger partial charge in [0.2, 0.25) is 0 Å². The summed E-state index contributed by atoms with van der Waals surface area (Å²) >= 11 is 6.46. The molecule has 5 nitrogen and oxygen atoms in total. The first-order chi connectivity index (χ1) is 12.7. The Bertz CT molecular complexity index is 1040. The van der Waals surface area contributed by atoms with Crippen LogP contribution in [0.3, 0.4) is 0 Å². The number of nitrogens with one attached hydrogen (secondary N) is 1. The molecule has 1 aromatic carbocycles. The molecule has 4 aromatic rings. The Labute approximate surface area is 155 Å². The Morgan fingerprint density at radius 1 is 0.923 bits per heavy atom. The van der Waals surface area contributed by atoms with Gasteiger partial charge in [0.1, 0.15) is 17.1 Å². The Hall–Kier alpha value is -3.18. The topological polar surface area (TPSA) is 70.9 Å². The molecule has 128 valence electrons. The molecule has 3 aromatic heterocycles. The molecule has 0 spiro atoms. The molecule has 0 saturated heterocycles. The number of aromatic hydroxyl groups is 1. The van der Waals surface area contributed by atoms with E-state index < -0.39 is 0 Å². The van der Waals surface area contributed by atoms with E-state index in [9.17, 15) is 5.11 Å². The molecular weight excluding hydrogens is 348 g/mol. The maximum absolute atomic E-state index is 10.9. The van der Waals surface area contributed by atoms with Crippen molar-refractivity contribution < 1.29 is 5.11 Å². The molecule has 0 aliphatic heterocycles. The van der Waals surface area contributed by atoms with Gasteiger partial charge in [-0.2, -0.15) is 0 Å². The fourth-order valence-electron chi connectivity index (χ4n) is 2.92. The highest BCUT2D eigenvalue weighted by molar-refractivity contribution is 6.35. The zero-order chi connectivity index (χ0) is 17.9. The van der Waals surface area contributed by atoms with Gasteiger partial charge in [0.15, 0.2) is 0 Å². The molecule has 2 N–H and O–H groups in total. The number of halogens is 1. The molecule has 0 aliphatic carbocycles. The largest absolute Gasteiger partial charge is 0.505 e. The third-order valence-electron chi connectivity index (χ3n) is 4.15. The maximum atomic E-state index is 10.9. The third kappa shape index (κ3) is 3.05. The normalized spacial score (nSPS) is 12.0. The summed E-state index contributed by atoms with van der Waals surface area (Å²) < 4.78 is 0. The zero-order valence-corrected chi connectivity index (χ0v) is 14.4. The van der Waals surface area contributed by atoms with Crippen molar-refractivity contribution in [2.24, 2.45) is 0 Å². The molecule has 0 aliphatic rings. The number of benzene rings is 1. The summed E-state index contributed by atoms with van der Waals surface area (Å²) in [5.74, 6) is 0.779. The van der Waals surface area contributed by atoms with Crippen molar-refractivity contribution in [3.05, 3.63) is 89.5 Å². The van der Waals surface area contributed by atoms with Crippen LogP contribution in [-0.4, -0.2) is 20.1 Å². The van der Waals surface area contributed by atoms with E-state index in [-0.39, 0.29) is 11.8 Å². The number of fused-ring (bicyclic) bond motifs is 1. The SMILES string of the molecule is Oc1c([C@@H](Nc2ccccn2)c2ccncc2)cc(Cl)c2cccnc12.